The van der Waals surface area contributed by atoms with Crippen LogP contribution in [0.4, 0.5) is 0 Å². The first-order valence-electron chi connectivity index (χ1n) is 8.09. The number of nitrogens with two attached hydrogens (primary N) is 1. The van der Waals surface area contributed by atoms with Crippen molar-refractivity contribution in [3.8, 4) is 0 Å². The van der Waals surface area contributed by atoms with Crippen LogP contribution in [-0.2, 0) is 11.3 Å². The van der Waals surface area contributed by atoms with Crippen molar-refractivity contribution in [1.82, 2.24) is 10.2 Å². The average Bonchev–Trinajstić information content (AvgIpc) is 2.56. The summed E-state index contributed by atoms with van der Waals surface area (Å²) in [5.41, 5.74) is 7.95. The molecule has 5 heteroatoms. The van der Waals surface area contributed by atoms with Crippen molar-refractivity contribution in [2.24, 2.45) is 5.73 Å². The summed E-state index contributed by atoms with van der Waals surface area (Å²) in [5, 5.41) is 3.05. The van der Waals surface area contributed by atoms with Crippen molar-refractivity contribution in [3.05, 3.63) is 70.2 Å². The van der Waals surface area contributed by atoms with E-state index in [1.54, 1.807) is 0 Å². The molecule has 3 N–H and O–H groups in total. The molecule has 0 aromatic heterocycles. The summed E-state index contributed by atoms with van der Waals surface area (Å²) >= 11 is 3.42. The maximum Gasteiger partial charge on any atom is 0.234 e. The quantitative estimate of drug-likeness (QED) is 0.729. The summed E-state index contributed by atoms with van der Waals surface area (Å²) in [7, 11) is 0. The van der Waals surface area contributed by atoms with E-state index < -0.39 is 0 Å². The van der Waals surface area contributed by atoms with Gasteiger partial charge in [0.1, 0.15) is 0 Å². The van der Waals surface area contributed by atoms with Crippen LogP contribution in [-0.4, -0.2) is 30.4 Å². The highest BCUT2D eigenvalue weighted by atomic mass is 79.9. The fraction of sp³-hybridized carbons (Fsp3) is 0.316. The summed E-state index contributed by atoms with van der Waals surface area (Å²) in [6, 6.07) is 18.1. The van der Waals surface area contributed by atoms with E-state index in [2.05, 4.69) is 38.3 Å². The number of halogens is 1. The first-order chi connectivity index (χ1) is 11.6. The van der Waals surface area contributed by atoms with Crippen LogP contribution in [0.2, 0.25) is 0 Å². The number of benzene rings is 2. The second kappa shape index (κ2) is 9.57. The van der Waals surface area contributed by atoms with E-state index >= 15 is 0 Å². The molecular weight excluding hydrogens is 366 g/mol. The third-order valence-electron chi connectivity index (χ3n) is 3.81. The van der Waals surface area contributed by atoms with Crippen molar-refractivity contribution in [2.75, 3.05) is 19.6 Å². The molecule has 0 aliphatic carbocycles. The van der Waals surface area contributed by atoms with Crippen LogP contribution in [0.5, 0.6) is 0 Å². The van der Waals surface area contributed by atoms with Gasteiger partial charge < -0.3 is 11.1 Å². The number of nitrogens with one attached hydrogen (secondary N) is 1. The Labute approximate surface area is 152 Å². The van der Waals surface area contributed by atoms with Crippen LogP contribution in [0, 0.1) is 0 Å². The van der Waals surface area contributed by atoms with Crippen molar-refractivity contribution in [1.29, 1.82) is 0 Å². The molecule has 0 aliphatic heterocycles. The lowest BCUT2D eigenvalue weighted by atomic mass is 10.1. The van der Waals surface area contributed by atoms with Crippen LogP contribution in [0.25, 0.3) is 0 Å². The molecule has 4 nitrogen and oxygen atoms in total. The standard InChI is InChI=1S/C19H24BrN3O/c1-15(17-7-9-18(20)10-8-17)22-19(24)14-23(12-11-21)13-16-5-3-2-4-6-16/h2-10,15H,11-14,21H2,1H3,(H,22,24). The van der Waals surface area contributed by atoms with Gasteiger partial charge in [0.15, 0.2) is 0 Å². The van der Waals surface area contributed by atoms with Crippen LogP contribution in [0.3, 0.4) is 0 Å². The topological polar surface area (TPSA) is 58.4 Å². The van der Waals surface area contributed by atoms with Gasteiger partial charge in [-0.05, 0) is 30.2 Å². The number of hydrogen-bond acceptors (Lipinski definition) is 3. The molecule has 0 bridgehead atoms. The third kappa shape index (κ3) is 6.07. The Kier molecular flexibility index (Phi) is 7.43. The number of hydrogen-bond donors (Lipinski definition) is 2. The molecule has 0 saturated carbocycles. The van der Waals surface area contributed by atoms with E-state index in [0.29, 0.717) is 19.6 Å². The van der Waals surface area contributed by atoms with Crippen LogP contribution >= 0.6 is 15.9 Å². The van der Waals surface area contributed by atoms with Crippen molar-refractivity contribution < 1.29 is 4.79 Å². The predicted molar refractivity (Wildman–Crippen MR) is 101 cm³/mol. The Bertz CT molecular complexity index is 631. The monoisotopic (exact) mass is 389 g/mol. The van der Waals surface area contributed by atoms with Gasteiger partial charge in [0.25, 0.3) is 0 Å². The zero-order valence-corrected chi connectivity index (χ0v) is 15.5. The van der Waals surface area contributed by atoms with E-state index in [4.69, 9.17) is 5.73 Å². The molecule has 0 fully saturated rings. The molecule has 24 heavy (non-hydrogen) atoms. The minimum atomic E-state index is -0.0259. The number of carbonyl (C=O) groups is 1. The molecule has 0 aliphatic rings. The zero-order chi connectivity index (χ0) is 17.4. The maximum absolute atomic E-state index is 12.4. The van der Waals surface area contributed by atoms with Crippen LogP contribution in [0.15, 0.2) is 59.1 Å². The van der Waals surface area contributed by atoms with Gasteiger partial charge in [-0.1, -0.05) is 58.4 Å². The summed E-state index contributed by atoms with van der Waals surface area (Å²) in [6.45, 7) is 4.27. The summed E-state index contributed by atoms with van der Waals surface area (Å²) in [5.74, 6) is 0.00907. The molecule has 0 spiro atoms. The largest absolute Gasteiger partial charge is 0.348 e. The highest BCUT2D eigenvalue weighted by molar-refractivity contribution is 9.10. The lowest BCUT2D eigenvalue weighted by Gasteiger charge is -2.22. The van der Waals surface area contributed by atoms with Crippen LogP contribution in [0.1, 0.15) is 24.1 Å². The summed E-state index contributed by atoms with van der Waals surface area (Å²) in [4.78, 5) is 14.4. The van der Waals surface area contributed by atoms with E-state index in [-0.39, 0.29) is 11.9 Å². The minimum Gasteiger partial charge on any atom is -0.348 e. The van der Waals surface area contributed by atoms with Gasteiger partial charge in [-0.3, -0.25) is 9.69 Å². The Morgan fingerprint density at radius 1 is 1.17 bits per heavy atom. The van der Waals surface area contributed by atoms with E-state index in [1.165, 1.54) is 5.56 Å². The maximum atomic E-state index is 12.4. The number of nitrogens with zero attached hydrogens (tertiary/aromatic N) is 1. The molecule has 2 aromatic rings. The highest BCUT2D eigenvalue weighted by Crippen LogP contribution is 2.16. The van der Waals surface area contributed by atoms with Gasteiger partial charge in [0, 0.05) is 24.1 Å². The zero-order valence-electron chi connectivity index (χ0n) is 13.9. The third-order valence-corrected chi connectivity index (χ3v) is 4.34. The second-order valence-corrected chi connectivity index (χ2v) is 6.74. The predicted octanol–water partition coefficient (Wildman–Crippen LogP) is 3.09. The van der Waals surface area contributed by atoms with Gasteiger partial charge >= 0.3 is 0 Å². The first kappa shape index (κ1) is 18.6. The van der Waals surface area contributed by atoms with Gasteiger partial charge in [-0.15, -0.1) is 0 Å². The van der Waals surface area contributed by atoms with Gasteiger partial charge in [-0.25, -0.2) is 0 Å². The normalized spacial score (nSPS) is 12.2. The number of carbonyl (C=O) groups excluding carboxylic acids is 1. The molecule has 128 valence electrons. The van der Waals surface area contributed by atoms with Gasteiger partial charge in [0.05, 0.1) is 12.6 Å². The number of amides is 1. The highest BCUT2D eigenvalue weighted by Gasteiger charge is 2.14. The fourth-order valence-corrected chi connectivity index (χ4v) is 2.83. The molecular formula is C19H24BrN3O. The molecule has 1 amide bonds. The second-order valence-electron chi connectivity index (χ2n) is 5.83. The van der Waals surface area contributed by atoms with E-state index in [0.717, 1.165) is 16.6 Å². The average molecular weight is 390 g/mol. The van der Waals surface area contributed by atoms with E-state index in [1.807, 2.05) is 49.4 Å². The Morgan fingerprint density at radius 3 is 2.46 bits per heavy atom. The van der Waals surface area contributed by atoms with E-state index in [9.17, 15) is 4.79 Å². The van der Waals surface area contributed by atoms with Crippen LogP contribution < -0.4 is 11.1 Å². The summed E-state index contributed by atoms with van der Waals surface area (Å²) < 4.78 is 1.03. The molecule has 1 atom stereocenters. The lowest BCUT2D eigenvalue weighted by Crippen LogP contribution is -2.40. The summed E-state index contributed by atoms with van der Waals surface area (Å²) in [6.07, 6.45) is 0. The Balaban J connectivity index is 1.91. The lowest BCUT2D eigenvalue weighted by molar-refractivity contribution is -0.123. The van der Waals surface area contributed by atoms with Gasteiger partial charge in [0.2, 0.25) is 5.91 Å². The van der Waals surface area contributed by atoms with Crippen molar-refractivity contribution in [3.63, 3.8) is 0 Å². The molecule has 2 aromatic carbocycles. The van der Waals surface area contributed by atoms with Crippen molar-refractivity contribution >= 4 is 21.8 Å². The van der Waals surface area contributed by atoms with Gasteiger partial charge in [-0.2, -0.15) is 0 Å². The van der Waals surface area contributed by atoms with Crippen molar-refractivity contribution in [2.45, 2.75) is 19.5 Å². The Hall–Kier alpha value is -1.69. The molecule has 2 rings (SSSR count). The molecule has 0 saturated heterocycles. The fourth-order valence-electron chi connectivity index (χ4n) is 2.56. The smallest absolute Gasteiger partial charge is 0.234 e. The number of rotatable bonds is 8. The SMILES string of the molecule is CC(NC(=O)CN(CCN)Cc1ccccc1)c1ccc(Br)cc1. The molecule has 0 radical (unpaired) electrons. The molecule has 0 heterocycles. The Morgan fingerprint density at radius 2 is 1.83 bits per heavy atom. The first-order valence-corrected chi connectivity index (χ1v) is 8.89. The minimum absolute atomic E-state index is 0.00907. The molecule has 1 unspecified atom stereocenters.